The van der Waals surface area contributed by atoms with Gasteiger partial charge >= 0.3 is 0 Å². The van der Waals surface area contributed by atoms with Crippen LogP contribution in [0.1, 0.15) is 5.56 Å². The van der Waals surface area contributed by atoms with Gasteiger partial charge in [-0.15, -0.1) is 0 Å². The lowest BCUT2D eigenvalue weighted by atomic mass is 10.2. The summed E-state index contributed by atoms with van der Waals surface area (Å²) in [6, 6.07) is 7.60. The molecule has 3 aromatic rings. The van der Waals surface area contributed by atoms with Crippen LogP contribution in [0.25, 0.3) is 10.9 Å². The highest BCUT2D eigenvalue weighted by Gasteiger charge is 2.13. The van der Waals surface area contributed by atoms with Gasteiger partial charge in [-0.05, 0) is 19.1 Å². The van der Waals surface area contributed by atoms with E-state index in [0.717, 1.165) is 5.56 Å². The summed E-state index contributed by atoms with van der Waals surface area (Å²) < 4.78 is 8.29. The van der Waals surface area contributed by atoms with Crippen molar-refractivity contribution in [2.45, 2.75) is 19.6 Å². The van der Waals surface area contributed by atoms with Crippen LogP contribution in [-0.4, -0.2) is 37.4 Å². The van der Waals surface area contributed by atoms with Crippen molar-refractivity contribution < 1.29 is 9.84 Å². The van der Waals surface area contributed by atoms with Gasteiger partial charge in [0.25, 0.3) is 5.56 Å². The average molecular weight is 314 g/mol. The van der Waals surface area contributed by atoms with Crippen LogP contribution >= 0.6 is 0 Å². The molecule has 1 aromatic carbocycles. The molecule has 0 unspecified atom stereocenters. The lowest BCUT2D eigenvalue weighted by molar-refractivity contribution is 0.0904. The van der Waals surface area contributed by atoms with Crippen LogP contribution in [0.5, 0.6) is 5.75 Å². The molecule has 0 radical (unpaired) electrons. The smallest absolute Gasteiger partial charge is 0.292 e. The molecule has 0 aliphatic rings. The predicted octanol–water partition coefficient (Wildman–Crippen LogP) is 0.878. The van der Waals surface area contributed by atoms with Crippen LogP contribution in [-0.2, 0) is 13.6 Å². The van der Waals surface area contributed by atoms with Gasteiger partial charge in [-0.2, -0.15) is 10.2 Å². The van der Waals surface area contributed by atoms with Crippen molar-refractivity contribution >= 4 is 10.9 Å². The molecular formula is C16H18N4O3. The maximum Gasteiger partial charge on any atom is 0.292 e. The third kappa shape index (κ3) is 3.24. The first-order valence-electron chi connectivity index (χ1n) is 7.30. The zero-order chi connectivity index (χ0) is 16.4. The molecule has 7 nitrogen and oxygen atoms in total. The molecule has 0 aliphatic heterocycles. The Balaban J connectivity index is 1.70. The molecule has 23 heavy (non-hydrogen) atoms. The van der Waals surface area contributed by atoms with Gasteiger partial charge in [0.15, 0.2) is 0 Å². The van der Waals surface area contributed by atoms with Gasteiger partial charge in [-0.25, -0.2) is 4.68 Å². The van der Waals surface area contributed by atoms with Crippen molar-refractivity contribution in [1.82, 2.24) is 19.6 Å². The lowest BCUT2D eigenvalue weighted by Crippen LogP contribution is -2.27. The van der Waals surface area contributed by atoms with E-state index in [1.807, 2.05) is 31.2 Å². The summed E-state index contributed by atoms with van der Waals surface area (Å²) in [7, 11) is 1.58. The second-order valence-corrected chi connectivity index (χ2v) is 5.48. The number of benzene rings is 1. The fraction of sp³-hybridized carbons (Fsp3) is 0.312. The standard InChI is InChI=1S/C16H18N4O3/c1-11-3-5-14(6-4-11)23-10-13(21)9-20-15-12(8-18-20)7-17-19(2)16(15)22/h3-8,13,21H,9-10H2,1-2H3/t13-/m1/s1. The first-order chi connectivity index (χ1) is 11.0. The molecule has 0 saturated heterocycles. The van der Waals surface area contributed by atoms with Gasteiger partial charge in [-0.1, -0.05) is 17.7 Å². The number of ether oxygens (including phenoxy) is 1. The molecule has 120 valence electrons. The Hall–Kier alpha value is -2.67. The van der Waals surface area contributed by atoms with E-state index in [1.165, 1.54) is 9.36 Å². The number of hydrogen-bond acceptors (Lipinski definition) is 5. The summed E-state index contributed by atoms with van der Waals surface area (Å²) in [5, 5.41) is 18.9. The first kappa shape index (κ1) is 15.2. The van der Waals surface area contributed by atoms with Gasteiger partial charge in [0.05, 0.1) is 18.9 Å². The normalized spacial score (nSPS) is 12.5. The number of rotatable bonds is 5. The van der Waals surface area contributed by atoms with Crippen LogP contribution in [0.15, 0.2) is 41.5 Å². The van der Waals surface area contributed by atoms with Crippen molar-refractivity contribution in [2.75, 3.05) is 6.61 Å². The Morgan fingerprint density at radius 2 is 1.91 bits per heavy atom. The molecule has 0 amide bonds. The molecule has 1 N–H and O–H groups in total. The number of hydrogen-bond donors (Lipinski definition) is 1. The Morgan fingerprint density at radius 1 is 1.22 bits per heavy atom. The summed E-state index contributed by atoms with van der Waals surface area (Å²) in [4.78, 5) is 12.1. The highest BCUT2D eigenvalue weighted by Crippen LogP contribution is 2.12. The molecule has 7 heteroatoms. The molecule has 3 rings (SSSR count). The van der Waals surface area contributed by atoms with Gasteiger partial charge in [-0.3, -0.25) is 9.48 Å². The van der Waals surface area contributed by atoms with Crippen LogP contribution in [0.2, 0.25) is 0 Å². The summed E-state index contributed by atoms with van der Waals surface area (Å²) in [6.07, 6.45) is 2.37. The minimum Gasteiger partial charge on any atom is -0.491 e. The van der Waals surface area contributed by atoms with Gasteiger partial charge in [0.1, 0.15) is 24.0 Å². The Morgan fingerprint density at radius 3 is 2.65 bits per heavy atom. The fourth-order valence-electron chi connectivity index (χ4n) is 2.30. The second-order valence-electron chi connectivity index (χ2n) is 5.48. The van der Waals surface area contributed by atoms with Crippen LogP contribution < -0.4 is 10.3 Å². The van der Waals surface area contributed by atoms with Gasteiger partial charge < -0.3 is 9.84 Å². The Kier molecular flexibility index (Phi) is 4.12. The van der Waals surface area contributed by atoms with E-state index in [1.54, 1.807) is 19.4 Å². The summed E-state index contributed by atoms with van der Waals surface area (Å²) in [5.74, 6) is 0.695. The quantitative estimate of drug-likeness (QED) is 0.756. The van der Waals surface area contributed by atoms with E-state index < -0.39 is 6.10 Å². The molecule has 0 aliphatic carbocycles. The lowest BCUT2D eigenvalue weighted by Gasteiger charge is -2.13. The predicted molar refractivity (Wildman–Crippen MR) is 85.4 cm³/mol. The van der Waals surface area contributed by atoms with Crippen molar-refractivity contribution in [3.05, 3.63) is 52.6 Å². The van der Waals surface area contributed by atoms with E-state index in [2.05, 4.69) is 10.2 Å². The molecule has 1 atom stereocenters. The summed E-state index contributed by atoms with van der Waals surface area (Å²) in [6.45, 7) is 2.29. The van der Waals surface area contributed by atoms with Crippen LogP contribution in [0.4, 0.5) is 0 Å². The van der Waals surface area contributed by atoms with Crippen molar-refractivity contribution in [3.63, 3.8) is 0 Å². The SMILES string of the molecule is Cc1ccc(OC[C@H](O)Cn2ncc3cnn(C)c(=O)c32)cc1. The molecule has 0 spiro atoms. The summed E-state index contributed by atoms with van der Waals surface area (Å²) >= 11 is 0. The molecule has 2 heterocycles. The molecule has 0 bridgehead atoms. The second kappa shape index (κ2) is 6.21. The fourth-order valence-corrected chi connectivity index (χ4v) is 2.30. The Bertz CT molecular complexity index is 867. The van der Waals surface area contributed by atoms with Crippen molar-refractivity contribution in [3.8, 4) is 5.75 Å². The average Bonchev–Trinajstić information content (AvgIpc) is 2.94. The highest BCUT2D eigenvalue weighted by molar-refractivity contribution is 5.76. The molecule has 0 fully saturated rings. The highest BCUT2D eigenvalue weighted by atomic mass is 16.5. The van der Waals surface area contributed by atoms with Crippen LogP contribution in [0.3, 0.4) is 0 Å². The monoisotopic (exact) mass is 314 g/mol. The van der Waals surface area contributed by atoms with Crippen LogP contribution in [0, 0.1) is 6.92 Å². The zero-order valence-electron chi connectivity index (χ0n) is 13.0. The largest absolute Gasteiger partial charge is 0.491 e. The van der Waals surface area contributed by atoms with Crippen molar-refractivity contribution in [1.29, 1.82) is 0 Å². The number of aromatic nitrogens is 4. The third-order valence-electron chi connectivity index (χ3n) is 3.58. The summed E-state index contributed by atoms with van der Waals surface area (Å²) in [5.41, 5.74) is 1.33. The maximum atomic E-state index is 12.1. The van der Waals surface area contributed by atoms with E-state index in [-0.39, 0.29) is 18.7 Å². The number of aryl methyl sites for hydroxylation is 2. The van der Waals surface area contributed by atoms with Gasteiger partial charge in [0.2, 0.25) is 0 Å². The zero-order valence-corrected chi connectivity index (χ0v) is 13.0. The van der Waals surface area contributed by atoms with Gasteiger partial charge in [0, 0.05) is 12.4 Å². The minimum absolute atomic E-state index is 0.121. The van der Waals surface area contributed by atoms with Crippen molar-refractivity contribution in [2.24, 2.45) is 7.05 Å². The maximum absolute atomic E-state index is 12.1. The van der Waals surface area contributed by atoms with E-state index in [4.69, 9.17) is 4.74 Å². The number of nitrogens with zero attached hydrogens (tertiary/aromatic N) is 4. The molecule has 2 aromatic heterocycles. The van der Waals surface area contributed by atoms with E-state index >= 15 is 0 Å². The number of fused-ring (bicyclic) bond motifs is 1. The topological polar surface area (TPSA) is 82.2 Å². The van der Waals surface area contributed by atoms with E-state index in [9.17, 15) is 9.90 Å². The minimum atomic E-state index is -0.780. The molecular weight excluding hydrogens is 296 g/mol. The van der Waals surface area contributed by atoms with E-state index in [0.29, 0.717) is 16.7 Å². The first-order valence-corrected chi connectivity index (χ1v) is 7.30. The number of aliphatic hydroxyl groups excluding tert-OH is 1. The number of aliphatic hydroxyl groups is 1. The molecule has 0 saturated carbocycles. The Labute approximate surface area is 132 Å². The third-order valence-corrected chi connectivity index (χ3v) is 3.58.